The van der Waals surface area contributed by atoms with E-state index in [4.69, 9.17) is 4.74 Å². The molecule has 2 heterocycles. The highest BCUT2D eigenvalue weighted by molar-refractivity contribution is 5.88. The number of hydrogen-bond donors (Lipinski definition) is 0. The molecule has 0 radical (unpaired) electrons. The van der Waals surface area contributed by atoms with Gasteiger partial charge in [-0.05, 0) is 37.8 Å². The van der Waals surface area contributed by atoms with Crippen molar-refractivity contribution in [1.82, 2.24) is 9.80 Å². The summed E-state index contributed by atoms with van der Waals surface area (Å²) in [6, 6.07) is 9.52. The molecule has 2 aliphatic heterocycles. The molecule has 0 saturated carbocycles. The van der Waals surface area contributed by atoms with E-state index in [2.05, 4.69) is 0 Å². The number of carbonyl (C=O) groups is 2. The number of benzene rings is 1. The summed E-state index contributed by atoms with van der Waals surface area (Å²) >= 11 is 0. The molecule has 5 heteroatoms. The molecule has 3 rings (SSSR count). The maximum absolute atomic E-state index is 13.0. The van der Waals surface area contributed by atoms with Crippen LogP contribution in [0.1, 0.15) is 39.0 Å². The molecule has 2 aliphatic rings. The summed E-state index contributed by atoms with van der Waals surface area (Å²) in [6.45, 7) is 4.86. The first-order valence-electron chi connectivity index (χ1n) is 9.45. The molecule has 1 aromatic carbocycles. The van der Waals surface area contributed by atoms with Gasteiger partial charge >= 0.3 is 0 Å². The number of nitrogens with zero attached hydrogens (tertiary/aromatic N) is 2. The van der Waals surface area contributed by atoms with Crippen LogP contribution in [-0.2, 0) is 9.59 Å². The van der Waals surface area contributed by atoms with Crippen LogP contribution in [0.4, 0.5) is 0 Å². The molecule has 0 aliphatic carbocycles. The third-order valence-corrected chi connectivity index (χ3v) is 5.22. The van der Waals surface area contributed by atoms with Gasteiger partial charge in [0.05, 0.1) is 6.61 Å². The minimum absolute atomic E-state index is 0.113. The summed E-state index contributed by atoms with van der Waals surface area (Å²) in [4.78, 5) is 28.7. The zero-order valence-corrected chi connectivity index (χ0v) is 15.0. The van der Waals surface area contributed by atoms with Gasteiger partial charge in [0.2, 0.25) is 11.8 Å². The first kappa shape index (κ1) is 17.8. The Hall–Kier alpha value is -2.04. The van der Waals surface area contributed by atoms with Crippen molar-refractivity contribution < 1.29 is 14.3 Å². The minimum atomic E-state index is -0.288. The summed E-state index contributed by atoms with van der Waals surface area (Å²) < 4.78 is 5.87. The molecule has 2 saturated heterocycles. The highest BCUT2D eigenvalue weighted by Gasteiger charge is 2.35. The Morgan fingerprint density at radius 3 is 2.72 bits per heavy atom. The van der Waals surface area contributed by atoms with Gasteiger partial charge in [-0.15, -0.1) is 0 Å². The maximum atomic E-state index is 13.0. The number of ether oxygens (including phenoxy) is 1. The van der Waals surface area contributed by atoms with Crippen molar-refractivity contribution in [2.45, 2.75) is 45.1 Å². The van der Waals surface area contributed by atoms with E-state index in [1.165, 1.54) is 0 Å². The number of likely N-dealkylation sites (tertiary alicyclic amines) is 2. The van der Waals surface area contributed by atoms with Gasteiger partial charge in [-0.1, -0.05) is 25.1 Å². The first-order valence-corrected chi connectivity index (χ1v) is 9.45. The quantitative estimate of drug-likeness (QED) is 0.797. The van der Waals surface area contributed by atoms with Crippen LogP contribution >= 0.6 is 0 Å². The number of para-hydroxylation sites is 1. The summed E-state index contributed by atoms with van der Waals surface area (Å²) in [5.41, 5.74) is 0. The molecule has 0 bridgehead atoms. The van der Waals surface area contributed by atoms with E-state index < -0.39 is 0 Å². The van der Waals surface area contributed by atoms with E-state index in [1.54, 1.807) is 4.90 Å². The fraction of sp³-hybridized carbons (Fsp3) is 0.600. The molecule has 0 aromatic heterocycles. The van der Waals surface area contributed by atoms with Crippen molar-refractivity contribution in [2.24, 2.45) is 5.92 Å². The predicted molar refractivity (Wildman–Crippen MR) is 96.3 cm³/mol. The molecule has 0 N–H and O–H groups in total. The van der Waals surface area contributed by atoms with E-state index in [1.807, 2.05) is 42.2 Å². The van der Waals surface area contributed by atoms with Crippen LogP contribution in [0, 0.1) is 5.92 Å². The van der Waals surface area contributed by atoms with Crippen LogP contribution in [0.25, 0.3) is 0 Å². The molecular formula is C20H28N2O3. The lowest BCUT2D eigenvalue weighted by atomic mass is 9.97. The largest absolute Gasteiger partial charge is 0.493 e. The molecule has 2 atom stereocenters. The zero-order valence-electron chi connectivity index (χ0n) is 15.0. The van der Waals surface area contributed by atoms with Gasteiger partial charge in [0.1, 0.15) is 11.8 Å². The molecule has 0 spiro atoms. The van der Waals surface area contributed by atoms with E-state index >= 15 is 0 Å². The Bertz CT molecular complexity index is 590. The van der Waals surface area contributed by atoms with Crippen molar-refractivity contribution in [3.8, 4) is 5.75 Å². The molecular weight excluding hydrogens is 316 g/mol. The van der Waals surface area contributed by atoms with Crippen molar-refractivity contribution in [2.75, 3.05) is 26.2 Å². The summed E-state index contributed by atoms with van der Waals surface area (Å²) in [6.07, 6.45) is 4.22. The van der Waals surface area contributed by atoms with E-state index in [-0.39, 0.29) is 17.9 Å². The fourth-order valence-electron chi connectivity index (χ4n) is 3.87. The van der Waals surface area contributed by atoms with Gasteiger partial charge in [-0.2, -0.15) is 0 Å². The number of hydrogen-bond acceptors (Lipinski definition) is 3. The van der Waals surface area contributed by atoms with Crippen LogP contribution in [0.15, 0.2) is 30.3 Å². The van der Waals surface area contributed by atoms with Gasteiger partial charge in [0.15, 0.2) is 0 Å². The Morgan fingerprint density at radius 2 is 2.04 bits per heavy atom. The minimum Gasteiger partial charge on any atom is -0.493 e. The second-order valence-electron chi connectivity index (χ2n) is 7.03. The van der Waals surface area contributed by atoms with Crippen molar-refractivity contribution in [3.63, 3.8) is 0 Å². The number of rotatable bonds is 6. The number of amides is 2. The van der Waals surface area contributed by atoms with Crippen LogP contribution in [0.2, 0.25) is 0 Å². The lowest BCUT2D eigenvalue weighted by Crippen LogP contribution is -2.52. The van der Waals surface area contributed by atoms with Crippen molar-refractivity contribution in [1.29, 1.82) is 0 Å². The summed E-state index contributed by atoms with van der Waals surface area (Å²) in [7, 11) is 0. The standard InChI is InChI=1S/C20H28N2O3/c1-2-18(22-13-7-11-19(22)23)20(24)21-12-6-8-16(14-21)15-25-17-9-4-3-5-10-17/h3-5,9-10,16,18H,2,6-8,11-15H2,1H3. The third-order valence-electron chi connectivity index (χ3n) is 5.22. The van der Waals surface area contributed by atoms with Gasteiger partial charge in [-0.3, -0.25) is 9.59 Å². The van der Waals surface area contributed by atoms with Crippen LogP contribution in [-0.4, -0.2) is 53.9 Å². The number of piperidine rings is 1. The second-order valence-corrected chi connectivity index (χ2v) is 7.03. The molecule has 2 unspecified atom stereocenters. The molecule has 136 valence electrons. The summed E-state index contributed by atoms with van der Waals surface area (Å²) in [5.74, 6) is 1.47. The van der Waals surface area contributed by atoms with Gasteiger partial charge < -0.3 is 14.5 Å². The Kier molecular flexibility index (Phi) is 5.95. The average Bonchev–Trinajstić information content (AvgIpc) is 3.07. The molecule has 1 aromatic rings. The van der Waals surface area contributed by atoms with Crippen LogP contribution in [0.3, 0.4) is 0 Å². The SMILES string of the molecule is CCC(C(=O)N1CCCC(COc2ccccc2)C1)N1CCCC1=O. The van der Waals surface area contributed by atoms with Crippen LogP contribution in [0.5, 0.6) is 5.75 Å². The fourth-order valence-corrected chi connectivity index (χ4v) is 3.87. The normalized spacial score (nSPS) is 22.1. The highest BCUT2D eigenvalue weighted by Crippen LogP contribution is 2.23. The lowest BCUT2D eigenvalue weighted by Gasteiger charge is -2.37. The predicted octanol–water partition coefficient (Wildman–Crippen LogP) is 2.71. The molecule has 2 fully saturated rings. The van der Waals surface area contributed by atoms with Crippen molar-refractivity contribution in [3.05, 3.63) is 30.3 Å². The second kappa shape index (κ2) is 8.37. The van der Waals surface area contributed by atoms with Crippen molar-refractivity contribution >= 4 is 11.8 Å². The first-order chi connectivity index (χ1) is 12.2. The van der Waals surface area contributed by atoms with E-state index in [0.29, 0.717) is 25.4 Å². The van der Waals surface area contributed by atoms with Gasteiger partial charge in [-0.25, -0.2) is 0 Å². The van der Waals surface area contributed by atoms with E-state index in [0.717, 1.165) is 44.6 Å². The monoisotopic (exact) mass is 344 g/mol. The Balaban J connectivity index is 1.56. The molecule has 2 amide bonds. The Morgan fingerprint density at radius 1 is 1.24 bits per heavy atom. The topological polar surface area (TPSA) is 49.9 Å². The number of carbonyl (C=O) groups excluding carboxylic acids is 2. The smallest absolute Gasteiger partial charge is 0.245 e. The van der Waals surface area contributed by atoms with E-state index in [9.17, 15) is 9.59 Å². The van der Waals surface area contributed by atoms with Gasteiger partial charge in [0, 0.05) is 32.0 Å². The molecule has 5 nitrogen and oxygen atoms in total. The Labute approximate surface area is 149 Å². The summed E-state index contributed by atoms with van der Waals surface area (Å²) in [5, 5.41) is 0. The highest BCUT2D eigenvalue weighted by atomic mass is 16.5. The molecule has 25 heavy (non-hydrogen) atoms. The average molecular weight is 344 g/mol. The maximum Gasteiger partial charge on any atom is 0.245 e. The van der Waals surface area contributed by atoms with Gasteiger partial charge in [0.25, 0.3) is 0 Å². The van der Waals surface area contributed by atoms with Crippen LogP contribution < -0.4 is 4.74 Å². The lowest BCUT2D eigenvalue weighted by molar-refractivity contribution is -0.145. The third kappa shape index (κ3) is 4.33. The zero-order chi connectivity index (χ0) is 17.6.